The first kappa shape index (κ1) is 23.6. The molecule has 2 aromatic carbocycles. The topological polar surface area (TPSA) is 97.5 Å². The second-order valence-corrected chi connectivity index (χ2v) is 8.38. The van der Waals surface area contributed by atoms with Crippen molar-refractivity contribution in [3.63, 3.8) is 0 Å². The van der Waals surface area contributed by atoms with Crippen LogP contribution in [0.15, 0.2) is 67.0 Å². The predicted molar refractivity (Wildman–Crippen MR) is 132 cm³/mol. The van der Waals surface area contributed by atoms with Gasteiger partial charge in [0.1, 0.15) is 21.4 Å². The van der Waals surface area contributed by atoms with E-state index in [1.807, 2.05) is 24.3 Å². The Labute approximate surface area is 201 Å². The highest BCUT2D eigenvalue weighted by Gasteiger charge is 2.23. The summed E-state index contributed by atoms with van der Waals surface area (Å²) in [5.74, 6) is -0.708. The smallest absolute Gasteiger partial charge is 0.255 e. The number of nitrogens with zero attached hydrogens (tertiary/aromatic N) is 2. The van der Waals surface area contributed by atoms with Gasteiger partial charge in [-0.3, -0.25) is 19.5 Å². The van der Waals surface area contributed by atoms with E-state index >= 15 is 0 Å². The summed E-state index contributed by atoms with van der Waals surface area (Å²) in [6.07, 6.45) is 5.18. The van der Waals surface area contributed by atoms with E-state index in [4.69, 9.17) is 26.2 Å². The molecule has 4 radical (unpaired) electrons. The van der Waals surface area contributed by atoms with E-state index in [2.05, 4.69) is 15.2 Å². The molecule has 9 heteroatoms. The fraction of sp³-hybridized carbons (Fsp3) is 0.240. The molecule has 0 bridgehead atoms. The summed E-state index contributed by atoms with van der Waals surface area (Å²) in [6.45, 7) is 3.15. The predicted octanol–water partition coefficient (Wildman–Crippen LogP) is 2.55. The van der Waals surface area contributed by atoms with Crippen LogP contribution in [0.5, 0.6) is 5.75 Å². The van der Waals surface area contributed by atoms with Crippen LogP contribution in [-0.4, -0.2) is 50.5 Å². The first-order valence-corrected chi connectivity index (χ1v) is 11.0. The van der Waals surface area contributed by atoms with Crippen LogP contribution in [0.2, 0.25) is 0 Å². The maximum absolute atomic E-state index is 12.8. The molecule has 0 unspecified atom stereocenters. The standard InChI is InChI=1S/C25H24B2N4O3/c26-25(27,34-22-12-19(23(28)32)14-29-15-22)20-4-3-5-21(13-20)30-24(33)18-8-6-17(7-9-18)16-31-10-1-2-11-31/h3-9,12-15H,1-2,10-11,16H2,(H2,28,32)(H,30,33). The quantitative estimate of drug-likeness (QED) is 0.515. The Morgan fingerprint density at radius 3 is 2.47 bits per heavy atom. The van der Waals surface area contributed by atoms with Gasteiger partial charge in [0.25, 0.3) is 5.91 Å². The molecule has 2 heterocycles. The number of hydrogen-bond donors (Lipinski definition) is 2. The molecule has 2 amide bonds. The van der Waals surface area contributed by atoms with E-state index in [9.17, 15) is 9.59 Å². The third-order valence-electron chi connectivity index (χ3n) is 5.68. The Hall–Kier alpha value is -3.58. The van der Waals surface area contributed by atoms with E-state index < -0.39 is 11.3 Å². The van der Waals surface area contributed by atoms with Crippen molar-refractivity contribution in [1.29, 1.82) is 0 Å². The number of nitrogens with one attached hydrogen (secondary N) is 1. The molecule has 1 aromatic heterocycles. The molecule has 7 nitrogen and oxygen atoms in total. The summed E-state index contributed by atoms with van der Waals surface area (Å²) in [7, 11) is 12.4. The molecule has 1 fully saturated rings. The van der Waals surface area contributed by atoms with Gasteiger partial charge < -0.3 is 15.8 Å². The minimum absolute atomic E-state index is 0.167. The van der Waals surface area contributed by atoms with Crippen molar-refractivity contribution in [2.75, 3.05) is 18.4 Å². The molecule has 168 valence electrons. The fourth-order valence-corrected chi connectivity index (χ4v) is 3.87. The summed E-state index contributed by atoms with van der Waals surface area (Å²) in [5, 5.41) is 1.12. The number of ether oxygens (including phenoxy) is 1. The van der Waals surface area contributed by atoms with Crippen molar-refractivity contribution in [2.45, 2.75) is 24.8 Å². The molecule has 4 rings (SSSR count). The van der Waals surface area contributed by atoms with E-state index in [1.165, 1.54) is 36.9 Å². The Kier molecular flexibility index (Phi) is 7.03. The van der Waals surface area contributed by atoms with E-state index in [-0.39, 0.29) is 17.2 Å². The van der Waals surface area contributed by atoms with Crippen LogP contribution in [0.1, 0.15) is 44.7 Å². The number of likely N-dealkylation sites (tertiary alicyclic amines) is 1. The van der Waals surface area contributed by atoms with Crippen LogP contribution in [0, 0.1) is 0 Å². The maximum atomic E-state index is 12.8. The lowest BCUT2D eigenvalue weighted by Crippen LogP contribution is -2.34. The van der Waals surface area contributed by atoms with Gasteiger partial charge in [-0.25, -0.2) is 0 Å². The van der Waals surface area contributed by atoms with Gasteiger partial charge in [-0.1, -0.05) is 24.3 Å². The van der Waals surface area contributed by atoms with Gasteiger partial charge in [0.15, 0.2) is 0 Å². The van der Waals surface area contributed by atoms with Crippen molar-refractivity contribution in [2.24, 2.45) is 5.73 Å². The zero-order valence-corrected chi connectivity index (χ0v) is 18.7. The Balaban J connectivity index is 1.42. The molecular formula is C25H24B2N4O3. The molecule has 0 saturated carbocycles. The summed E-state index contributed by atoms with van der Waals surface area (Å²) < 4.78 is 5.66. The molecule has 3 aromatic rings. The molecule has 0 aliphatic carbocycles. The molecule has 1 aliphatic heterocycles. The van der Waals surface area contributed by atoms with E-state index in [0.29, 0.717) is 16.8 Å². The lowest BCUT2D eigenvalue weighted by molar-refractivity contribution is 0.0996. The molecule has 1 aliphatic rings. The van der Waals surface area contributed by atoms with Crippen LogP contribution < -0.4 is 15.8 Å². The number of carbonyl (C=O) groups is 2. The zero-order chi connectivity index (χ0) is 24.1. The van der Waals surface area contributed by atoms with Crippen LogP contribution in [0.4, 0.5) is 5.69 Å². The van der Waals surface area contributed by atoms with Crippen molar-refractivity contribution in [3.8, 4) is 5.75 Å². The van der Waals surface area contributed by atoms with Gasteiger partial charge in [0.2, 0.25) is 5.91 Å². The van der Waals surface area contributed by atoms with Gasteiger partial charge >= 0.3 is 0 Å². The second-order valence-electron chi connectivity index (χ2n) is 8.38. The van der Waals surface area contributed by atoms with Gasteiger partial charge in [-0.05, 0) is 67.4 Å². The monoisotopic (exact) mass is 450 g/mol. The van der Waals surface area contributed by atoms with Crippen molar-refractivity contribution in [3.05, 3.63) is 89.2 Å². The number of nitrogens with two attached hydrogens (primary N) is 1. The van der Waals surface area contributed by atoms with Gasteiger partial charge in [-0.2, -0.15) is 0 Å². The number of anilines is 1. The number of amides is 2. The molecule has 0 atom stereocenters. The number of aromatic nitrogens is 1. The van der Waals surface area contributed by atoms with E-state index in [0.717, 1.165) is 19.6 Å². The summed E-state index contributed by atoms with van der Waals surface area (Å²) in [4.78, 5) is 30.5. The minimum atomic E-state index is -1.74. The zero-order valence-electron chi connectivity index (χ0n) is 18.7. The average Bonchev–Trinajstić information content (AvgIpc) is 3.33. The number of rotatable bonds is 8. The highest BCUT2D eigenvalue weighted by molar-refractivity contribution is 6.39. The lowest BCUT2D eigenvalue weighted by Gasteiger charge is -2.29. The number of benzene rings is 2. The van der Waals surface area contributed by atoms with Crippen molar-refractivity contribution >= 4 is 33.2 Å². The number of carbonyl (C=O) groups excluding carboxylic acids is 2. The van der Waals surface area contributed by atoms with Crippen LogP contribution in [-0.2, 0) is 11.9 Å². The lowest BCUT2D eigenvalue weighted by atomic mass is 9.61. The van der Waals surface area contributed by atoms with Crippen LogP contribution in [0.3, 0.4) is 0 Å². The summed E-state index contributed by atoms with van der Waals surface area (Å²) >= 11 is 0. The minimum Gasteiger partial charge on any atom is -0.501 e. The largest absolute Gasteiger partial charge is 0.501 e. The first-order chi connectivity index (χ1) is 16.3. The van der Waals surface area contributed by atoms with Crippen molar-refractivity contribution < 1.29 is 14.3 Å². The number of pyridine rings is 1. The summed E-state index contributed by atoms with van der Waals surface area (Å²) in [6, 6.07) is 15.8. The molecule has 0 spiro atoms. The first-order valence-electron chi connectivity index (χ1n) is 11.0. The van der Waals surface area contributed by atoms with Gasteiger partial charge in [0, 0.05) is 29.4 Å². The number of primary amides is 1. The summed E-state index contributed by atoms with van der Waals surface area (Å²) in [5.41, 5.74) is 8.10. The van der Waals surface area contributed by atoms with Gasteiger partial charge in [0.05, 0.1) is 11.8 Å². The third kappa shape index (κ3) is 5.85. The molecular weight excluding hydrogens is 426 g/mol. The molecule has 34 heavy (non-hydrogen) atoms. The Morgan fingerprint density at radius 2 is 1.76 bits per heavy atom. The highest BCUT2D eigenvalue weighted by Crippen LogP contribution is 2.25. The Bertz CT molecular complexity index is 1180. The second kappa shape index (κ2) is 10.1. The Morgan fingerprint density at radius 1 is 1.03 bits per heavy atom. The third-order valence-corrected chi connectivity index (χ3v) is 5.68. The average molecular weight is 450 g/mol. The molecule has 3 N–H and O–H groups in total. The SMILES string of the molecule is [B]C([B])(Oc1cncc(C(N)=O)c1)c1cccc(NC(=O)c2ccc(CN3CCCC3)cc2)c1. The number of hydrogen-bond acceptors (Lipinski definition) is 5. The van der Waals surface area contributed by atoms with Crippen molar-refractivity contribution in [1.82, 2.24) is 9.88 Å². The molecule has 1 saturated heterocycles. The fourth-order valence-electron chi connectivity index (χ4n) is 3.87. The van der Waals surface area contributed by atoms with Crippen LogP contribution in [0.25, 0.3) is 0 Å². The normalized spacial score (nSPS) is 14.0. The van der Waals surface area contributed by atoms with Crippen LogP contribution >= 0.6 is 0 Å². The maximum Gasteiger partial charge on any atom is 0.255 e. The van der Waals surface area contributed by atoms with E-state index in [1.54, 1.807) is 24.3 Å². The van der Waals surface area contributed by atoms with Gasteiger partial charge in [-0.15, -0.1) is 0 Å². The highest BCUT2D eigenvalue weighted by atomic mass is 16.5.